The summed E-state index contributed by atoms with van der Waals surface area (Å²) >= 11 is 0. The molecule has 290 valence electrons. The Balaban J connectivity index is 3.71. The lowest BCUT2D eigenvalue weighted by Crippen LogP contribution is -2.43. The summed E-state index contributed by atoms with van der Waals surface area (Å²) in [6.07, 6.45) is 24.6. The highest BCUT2D eigenvalue weighted by Gasteiger charge is 2.14. The minimum Gasteiger partial charge on any atom is -0.377 e. The summed E-state index contributed by atoms with van der Waals surface area (Å²) in [7, 11) is 8.60. The second-order valence-corrected chi connectivity index (χ2v) is 14.0. The molecule has 0 aromatic carbocycles. The van der Waals surface area contributed by atoms with Crippen molar-refractivity contribution in [3.05, 3.63) is 0 Å². The standard InChI is InChI=1S/C48H66N2O4/c1-7-9-11-13-15-17-19-21-23-24-26-28-30-32-34-36-38-50(5,6)40-42-52-44-46-54-48-47-53-45-43-51-41-39-49(3,4)37-35-33-31-29-27-25-22-20-18-16-14-12-10-8-2/h1H,8,10,12,14,16,18,20,22,25,27,29,31,33,35,37,39-48H2,2-6H3/q+2. The third-order valence-electron chi connectivity index (χ3n) is 8.17. The van der Waals surface area contributed by atoms with Crippen molar-refractivity contribution in [3.8, 4) is 107 Å². The summed E-state index contributed by atoms with van der Waals surface area (Å²) in [6, 6.07) is 3.09. The third-order valence-corrected chi connectivity index (χ3v) is 8.17. The predicted octanol–water partition coefficient (Wildman–Crippen LogP) is 6.30. The average Bonchev–Trinajstić information content (AvgIpc) is 3.14. The molecule has 0 radical (unpaired) electrons. The van der Waals surface area contributed by atoms with Crippen molar-refractivity contribution in [2.24, 2.45) is 0 Å². The molecule has 6 heteroatoms. The number of hydrogen-bond donors (Lipinski definition) is 0. The van der Waals surface area contributed by atoms with Crippen LogP contribution in [0.1, 0.15) is 96.8 Å². The van der Waals surface area contributed by atoms with Crippen molar-refractivity contribution >= 4 is 0 Å². The lowest BCUT2D eigenvalue weighted by molar-refractivity contribution is -0.891. The van der Waals surface area contributed by atoms with E-state index < -0.39 is 0 Å². The van der Waals surface area contributed by atoms with Gasteiger partial charge in [0.25, 0.3) is 0 Å². The molecule has 0 saturated carbocycles. The molecule has 0 spiro atoms. The van der Waals surface area contributed by atoms with Crippen LogP contribution in [0.25, 0.3) is 0 Å². The Hall–Kier alpha value is -4.20. The van der Waals surface area contributed by atoms with Crippen molar-refractivity contribution < 1.29 is 27.9 Å². The SMILES string of the molecule is C#CC#CC#CC#CC#CC#CC#CC#CC#C[N+](C)(C)CCOCCOCCOCCOCC[N+](C)(C)CCCCCCCCCCCCCCCC. The second kappa shape index (κ2) is 38.5. The van der Waals surface area contributed by atoms with Gasteiger partial charge in [-0.25, -0.2) is 4.48 Å². The number of hydrogen-bond acceptors (Lipinski definition) is 4. The number of terminal acetylenes is 1. The summed E-state index contributed by atoms with van der Waals surface area (Å²) in [6.45, 7) is 9.91. The van der Waals surface area contributed by atoms with Crippen molar-refractivity contribution in [3.63, 3.8) is 0 Å². The zero-order valence-corrected chi connectivity index (χ0v) is 34.3. The van der Waals surface area contributed by atoms with Crippen LogP contribution >= 0.6 is 0 Å². The molecule has 0 amide bonds. The number of likely N-dealkylation sites (N-methyl/N-ethyl adjacent to an activating group) is 2. The van der Waals surface area contributed by atoms with E-state index in [4.69, 9.17) is 25.4 Å². The fourth-order valence-corrected chi connectivity index (χ4v) is 4.89. The van der Waals surface area contributed by atoms with Crippen LogP contribution in [0.2, 0.25) is 0 Å². The fraction of sp³-hybridized carbons (Fsp3) is 0.625. The molecule has 54 heavy (non-hydrogen) atoms. The molecule has 6 nitrogen and oxygen atoms in total. The molecule has 0 saturated heterocycles. The van der Waals surface area contributed by atoms with Crippen LogP contribution in [0.15, 0.2) is 0 Å². The van der Waals surface area contributed by atoms with E-state index in [-0.39, 0.29) is 0 Å². The minimum absolute atomic E-state index is 0.451. The smallest absolute Gasteiger partial charge is 0.151 e. The lowest BCUT2D eigenvalue weighted by atomic mass is 10.0. The summed E-state index contributed by atoms with van der Waals surface area (Å²) in [5.74, 6) is 40.6. The van der Waals surface area contributed by atoms with Gasteiger partial charge in [0, 0.05) is 41.4 Å². The molecule has 0 atom stereocenters. The van der Waals surface area contributed by atoms with Gasteiger partial charge in [-0.1, -0.05) is 84.0 Å². The zero-order chi connectivity index (χ0) is 39.5. The molecule has 0 N–H and O–H groups in total. The fourth-order valence-electron chi connectivity index (χ4n) is 4.89. The van der Waals surface area contributed by atoms with Crippen LogP contribution in [0.5, 0.6) is 0 Å². The maximum absolute atomic E-state index is 5.82. The van der Waals surface area contributed by atoms with Gasteiger partial charge in [0.2, 0.25) is 0 Å². The van der Waals surface area contributed by atoms with Gasteiger partial charge in [-0.15, -0.1) is 6.42 Å². The van der Waals surface area contributed by atoms with Gasteiger partial charge in [-0.2, -0.15) is 0 Å². The Morgan fingerprint density at radius 2 is 0.667 bits per heavy atom. The number of ether oxygens (including phenoxy) is 4. The normalized spacial score (nSPS) is 9.78. The van der Waals surface area contributed by atoms with Crippen LogP contribution in [-0.4, -0.2) is 110 Å². The summed E-state index contributed by atoms with van der Waals surface area (Å²) in [4.78, 5) is 0. The summed E-state index contributed by atoms with van der Waals surface area (Å²) < 4.78 is 24.2. The van der Waals surface area contributed by atoms with Crippen molar-refractivity contribution in [1.29, 1.82) is 0 Å². The first-order valence-electron chi connectivity index (χ1n) is 19.8. The Morgan fingerprint density at radius 1 is 0.352 bits per heavy atom. The minimum atomic E-state index is 0.451. The third kappa shape index (κ3) is 40.6. The highest BCUT2D eigenvalue weighted by Crippen LogP contribution is 2.13. The Kier molecular flexibility index (Phi) is 35.5. The first-order valence-corrected chi connectivity index (χ1v) is 19.8. The number of nitrogens with zero attached hydrogens (tertiary/aromatic N) is 2. The van der Waals surface area contributed by atoms with E-state index in [1.165, 1.54) is 96.4 Å². The van der Waals surface area contributed by atoms with Crippen LogP contribution in [0.3, 0.4) is 0 Å². The lowest BCUT2D eigenvalue weighted by Gasteiger charge is -2.29. The van der Waals surface area contributed by atoms with E-state index >= 15 is 0 Å². The van der Waals surface area contributed by atoms with Gasteiger partial charge in [-0.3, -0.25) is 0 Å². The molecule has 0 rings (SSSR count). The van der Waals surface area contributed by atoms with Crippen LogP contribution < -0.4 is 0 Å². The van der Waals surface area contributed by atoms with E-state index in [0.29, 0.717) is 50.7 Å². The highest BCUT2D eigenvalue weighted by atomic mass is 16.6. The predicted molar refractivity (Wildman–Crippen MR) is 223 cm³/mol. The summed E-state index contributed by atoms with van der Waals surface area (Å²) in [5.41, 5.74) is 0. The summed E-state index contributed by atoms with van der Waals surface area (Å²) in [5, 5.41) is 0. The van der Waals surface area contributed by atoms with Crippen molar-refractivity contribution in [2.75, 3.05) is 101 Å². The molecular weight excluding hydrogens is 669 g/mol. The Labute approximate surface area is 331 Å². The molecule has 0 unspecified atom stereocenters. The van der Waals surface area contributed by atoms with E-state index in [2.05, 4.69) is 122 Å². The van der Waals surface area contributed by atoms with Gasteiger partial charge in [0.1, 0.15) is 13.1 Å². The van der Waals surface area contributed by atoms with Crippen molar-refractivity contribution in [2.45, 2.75) is 96.8 Å². The average molecular weight is 735 g/mol. The van der Waals surface area contributed by atoms with Crippen LogP contribution in [0.4, 0.5) is 0 Å². The molecule has 0 aromatic heterocycles. The van der Waals surface area contributed by atoms with Crippen LogP contribution in [-0.2, 0) is 18.9 Å². The van der Waals surface area contributed by atoms with Crippen molar-refractivity contribution in [1.82, 2.24) is 0 Å². The number of quaternary nitrogens is 2. The Morgan fingerprint density at radius 3 is 1.06 bits per heavy atom. The monoisotopic (exact) mass is 735 g/mol. The molecule has 0 aromatic rings. The van der Waals surface area contributed by atoms with Crippen LogP contribution in [0, 0.1) is 107 Å². The van der Waals surface area contributed by atoms with Gasteiger partial charge in [-0.05, 0) is 60.2 Å². The molecule has 0 fully saturated rings. The number of unbranched alkanes of at least 4 members (excludes halogenated alkanes) is 13. The maximum atomic E-state index is 5.82. The van der Waals surface area contributed by atoms with E-state index in [1.54, 1.807) is 0 Å². The zero-order valence-electron chi connectivity index (χ0n) is 34.3. The van der Waals surface area contributed by atoms with Gasteiger partial charge in [0.15, 0.2) is 6.04 Å². The van der Waals surface area contributed by atoms with Gasteiger partial charge >= 0.3 is 0 Å². The first-order chi connectivity index (χ1) is 26.3. The molecular formula is C48H66N2O4+2. The molecule has 0 aliphatic heterocycles. The quantitative estimate of drug-likeness (QED) is 0.0494. The second-order valence-electron chi connectivity index (χ2n) is 14.0. The molecule has 0 aliphatic carbocycles. The maximum Gasteiger partial charge on any atom is 0.151 e. The molecule has 0 aliphatic rings. The van der Waals surface area contributed by atoms with Gasteiger partial charge in [0.05, 0.1) is 93.5 Å². The Bertz CT molecular complexity index is 1540. The highest BCUT2D eigenvalue weighted by molar-refractivity contribution is 5.46. The molecule has 0 heterocycles. The largest absolute Gasteiger partial charge is 0.377 e. The van der Waals surface area contributed by atoms with E-state index in [9.17, 15) is 0 Å². The topological polar surface area (TPSA) is 36.9 Å². The number of rotatable bonds is 30. The van der Waals surface area contributed by atoms with E-state index in [1.807, 2.05) is 14.1 Å². The van der Waals surface area contributed by atoms with Gasteiger partial charge < -0.3 is 23.4 Å². The first kappa shape index (κ1) is 49.8. The molecule has 0 bridgehead atoms. The van der Waals surface area contributed by atoms with E-state index in [0.717, 1.165) is 24.2 Å².